The van der Waals surface area contributed by atoms with E-state index < -0.39 is 0 Å². The number of nitrogens with zero attached hydrogens (tertiary/aromatic N) is 2. The summed E-state index contributed by atoms with van der Waals surface area (Å²) in [7, 11) is 0. The number of hydrogen-bond donors (Lipinski definition) is 3. The van der Waals surface area contributed by atoms with Crippen molar-refractivity contribution in [1.29, 1.82) is 0 Å². The maximum Gasteiger partial charge on any atom is 0.231 e. The second-order valence-corrected chi connectivity index (χ2v) is 5.96. The molecule has 1 heterocycles. The molecule has 1 aromatic carbocycles. The Labute approximate surface area is 148 Å². The Morgan fingerprint density at radius 3 is 2.54 bits per heavy atom. The second-order valence-electron chi connectivity index (χ2n) is 5.55. The number of rotatable bonds is 6. The number of aromatic nitrogens is 2. The largest absolute Gasteiger partial charge is 0.494 e. The summed E-state index contributed by atoms with van der Waals surface area (Å²) in [4.78, 5) is 8.79. The summed E-state index contributed by atoms with van der Waals surface area (Å²) in [5.74, 6) is 2.00. The van der Waals surface area contributed by atoms with E-state index in [1.54, 1.807) is 0 Å². The summed E-state index contributed by atoms with van der Waals surface area (Å²) in [5.41, 5.74) is 1.76. The molecule has 0 atom stereocenters. The fourth-order valence-electron chi connectivity index (χ4n) is 2.04. The van der Waals surface area contributed by atoms with Gasteiger partial charge in [-0.05, 0) is 64.2 Å². The summed E-state index contributed by atoms with van der Waals surface area (Å²) in [5, 5.41) is 9.87. The lowest BCUT2D eigenvalue weighted by atomic mass is 10.3. The van der Waals surface area contributed by atoms with Crippen molar-refractivity contribution < 1.29 is 4.74 Å². The Balaban J connectivity index is 2.08. The number of nitrogens with one attached hydrogen (secondary N) is 3. The third kappa shape index (κ3) is 5.66. The van der Waals surface area contributed by atoms with Gasteiger partial charge in [-0.15, -0.1) is 0 Å². The van der Waals surface area contributed by atoms with Gasteiger partial charge in [-0.25, -0.2) is 4.98 Å². The third-order valence-corrected chi connectivity index (χ3v) is 3.16. The number of ether oxygens (including phenoxy) is 1. The molecule has 3 N–H and O–H groups in total. The fraction of sp³-hybridized carbons (Fsp3) is 0.353. The first-order valence-electron chi connectivity index (χ1n) is 7.89. The van der Waals surface area contributed by atoms with Crippen LogP contribution in [0.5, 0.6) is 5.75 Å². The zero-order chi connectivity index (χ0) is 17.5. The zero-order valence-corrected chi connectivity index (χ0v) is 15.2. The van der Waals surface area contributed by atoms with Gasteiger partial charge >= 0.3 is 0 Å². The van der Waals surface area contributed by atoms with Gasteiger partial charge in [0, 0.05) is 23.5 Å². The van der Waals surface area contributed by atoms with Crippen LogP contribution in [0.1, 0.15) is 26.5 Å². The average Bonchev–Trinajstić information content (AvgIpc) is 2.48. The molecule has 0 aliphatic carbocycles. The Hall–Kier alpha value is -2.41. The van der Waals surface area contributed by atoms with E-state index in [0.29, 0.717) is 23.5 Å². The molecule has 6 nitrogen and oxygen atoms in total. The molecular formula is C17H23N5OS. The normalized spacial score (nSPS) is 10.4. The molecule has 0 aliphatic rings. The van der Waals surface area contributed by atoms with Crippen LogP contribution in [0.2, 0.25) is 0 Å². The van der Waals surface area contributed by atoms with Crippen molar-refractivity contribution in [2.75, 3.05) is 17.2 Å². The molecule has 2 aromatic rings. The fourth-order valence-corrected chi connectivity index (χ4v) is 2.36. The van der Waals surface area contributed by atoms with E-state index in [9.17, 15) is 0 Å². The lowest BCUT2D eigenvalue weighted by molar-refractivity contribution is 0.340. The van der Waals surface area contributed by atoms with Crippen LogP contribution in [0, 0.1) is 6.92 Å². The van der Waals surface area contributed by atoms with Crippen LogP contribution in [0.25, 0.3) is 0 Å². The Bertz CT molecular complexity index is 688. The van der Waals surface area contributed by atoms with Crippen LogP contribution < -0.4 is 20.7 Å². The first-order chi connectivity index (χ1) is 11.5. The molecular weight excluding hydrogens is 322 g/mol. The Morgan fingerprint density at radius 2 is 1.92 bits per heavy atom. The molecule has 0 radical (unpaired) electrons. The lowest BCUT2D eigenvalue weighted by Crippen LogP contribution is -2.34. The highest BCUT2D eigenvalue weighted by atomic mass is 32.1. The quantitative estimate of drug-likeness (QED) is 0.691. The van der Waals surface area contributed by atoms with Crippen molar-refractivity contribution >= 4 is 34.8 Å². The van der Waals surface area contributed by atoms with Gasteiger partial charge < -0.3 is 20.7 Å². The molecule has 0 saturated heterocycles. The van der Waals surface area contributed by atoms with Crippen LogP contribution in [-0.2, 0) is 0 Å². The van der Waals surface area contributed by atoms with Crippen molar-refractivity contribution in [1.82, 2.24) is 15.3 Å². The van der Waals surface area contributed by atoms with E-state index in [-0.39, 0.29) is 6.04 Å². The molecule has 24 heavy (non-hydrogen) atoms. The third-order valence-electron chi connectivity index (χ3n) is 2.94. The van der Waals surface area contributed by atoms with Gasteiger partial charge in [-0.1, -0.05) is 0 Å². The highest BCUT2D eigenvalue weighted by Gasteiger charge is 2.06. The van der Waals surface area contributed by atoms with Crippen LogP contribution in [0.15, 0.2) is 30.3 Å². The van der Waals surface area contributed by atoms with E-state index in [4.69, 9.17) is 17.0 Å². The summed E-state index contributed by atoms with van der Waals surface area (Å²) < 4.78 is 5.44. The second kappa shape index (κ2) is 8.44. The molecule has 0 bridgehead atoms. The average molecular weight is 345 g/mol. The van der Waals surface area contributed by atoms with Crippen molar-refractivity contribution in [3.8, 4) is 5.75 Å². The SMILES string of the molecule is CCOc1ccc(Nc2cc(C)nc(NC(=S)NC(C)C)n2)cc1. The molecule has 0 aliphatic heterocycles. The number of aryl methyl sites for hydroxylation is 1. The van der Waals surface area contributed by atoms with E-state index >= 15 is 0 Å². The minimum atomic E-state index is 0.247. The van der Waals surface area contributed by atoms with Gasteiger partial charge in [0.15, 0.2) is 5.11 Å². The number of hydrogen-bond acceptors (Lipinski definition) is 5. The molecule has 0 saturated carbocycles. The smallest absolute Gasteiger partial charge is 0.231 e. The summed E-state index contributed by atoms with van der Waals surface area (Å²) in [6.45, 7) is 8.56. The monoisotopic (exact) mass is 345 g/mol. The topological polar surface area (TPSA) is 71.1 Å². The van der Waals surface area contributed by atoms with Gasteiger partial charge in [0.05, 0.1) is 6.61 Å². The number of anilines is 3. The van der Waals surface area contributed by atoms with Crippen LogP contribution >= 0.6 is 12.2 Å². The van der Waals surface area contributed by atoms with Gasteiger partial charge in [-0.3, -0.25) is 0 Å². The molecule has 0 amide bonds. The van der Waals surface area contributed by atoms with Gasteiger partial charge in [0.2, 0.25) is 5.95 Å². The molecule has 0 fully saturated rings. The maximum atomic E-state index is 5.44. The molecule has 0 unspecified atom stereocenters. The molecule has 7 heteroatoms. The van der Waals surface area contributed by atoms with Crippen LogP contribution in [0.3, 0.4) is 0 Å². The van der Waals surface area contributed by atoms with E-state index in [2.05, 4.69) is 25.9 Å². The first kappa shape index (κ1) is 17.9. The van der Waals surface area contributed by atoms with E-state index in [1.165, 1.54) is 0 Å². The van der Waals surface area contributed by atoms with Crippen LogP contribution in [0.4, 0.5) is 17.5 Å². The molecule has 128 valence electrons. The predicted octanol–water partition coefficient (Wildman–Crippen LogP) is 3.62. The molecule has 0 spiro atoms. The maximum absolute atomic E-state index is 5.44. The summed E-state index contributed by atoms with van der Waals surface area (Å²) in [6.07, 6.45) is 0. The predicted molar refractivity (Wildman–Crippen MR) is 102 cm³/mol. The molecule has 1 aromatic heterocycles. The van der Waals surface area contributed by atoms with Gasteiger partial charge in [-0.2, -0.15) is 4.98 Å². The number of thiocarbonyl (C=S) groups is 1. The standard InChI is InChI=1S/C17H23N5OS/c1-5-23-14-8-6-13(7-9-14)20-15-10-12(4)19-16(21-15)22-17(24)18-11(2)3/h6-11H,5H2,1-4H3,(H3,18,19,20,21,22,24). The number of benzene rings is 1. The zero-order valence-electron chi connectivity index (χ0n) is 14.4. The Morgan fingerprint density at radius 1 is 1.21 bits per heavy atom. The van der Waals surface area contributed by atoms with E-state index in [0.717, 1.165) is 17.1 Å². The minimum absolute atomic E-state index is 0.247. The Kier molecular flexibility index (Phi) is 6.31. The minimum Gasteiger partial charge on any atom is -0.494 e. The van der Waals surface area contributed by atoms with E-state index in [1.807, 2.05) is 58.0 Å². The van der Waals surface area contributed by atoms with Crippen molar-refractivity contribution in [2.45, 2.75) is 33.7 Å². The highest BCUT2D eigenvalue weighted by molar-refractivity contribution is 7.80. The summed E-state index contributed by atoms with van der Waals surface area (Å²) >= 11 is 5.23. The molecule has 2 rings (SSSR count). The first-order valence-corrected chi connectivity index (χ1v) is 8.30. The van der Waals surface area contributed by atoms with Crippen molar-refractivity contribution in [3.05, 3.63) is 36.0 Å². The van der Waals surface area contributed by atoms with Gasteiger partial charge in [0.25, 0.3) is 0 Å². The van der Waals surface area contributed by atoms with Crippen LogP contribution in [-0.4, -0.2) is 27.7 Å². The lowest BCUT2D eigenvalue weighted by Gasteiger charge is -2.13. The van der Waals surface area contributed by atoms with Gasteiger partial charge in [0.1, 0.15) is 11.6 Å². The van der Waals surface area contributed by atoms with Crippen molar-refractivity contribution in [3.63, 3.8) is 0 Å². The summed E-state index contributed by atoms with van der Waals surface area (Å²) in [6, 6.07) is 9.85. The highest BCUT2D eigenvalue weighted by Crippen LogP contribution is 2.20. The van der Waals surface area contributed by atoms with Crippen molar-refractivity contribution in [2.24, 2.45) is 0 Å².